The van der Waals surface area contributed by atoms with Gasteiger partial charge in [-0.3, -0.25) is 4.79 Å². The highest BCUT2D eigenvalue weighted by molar-refractivity contribution is 9.10. The van der Waals surface area contributed by atoms with Crippen molar-refractivity contribution in [1.29, 1.82) is 0 Å². The highest BCUT2D eigenvalue weighted by Crippen LogP contribution is 2.37. The number of halogens is 1. The molecule has 25 heavy (non-hydrogen) atoms. The first-order chi connectivity index (χ1) is 11.9. The zero-order valence-electron chi connectivity index (χ0n) is 15.5. The van der Waals surface area contributed by atoms with Gasteiger partial charge in [0, 0.05) is 28.8 Å². The minimum Gasteiger partial charge on any atom is -0.496 e. The summed E-state index contributed by atoms with van der Waals surface area (Å²) in [6, 6.07) is 4.16. The van der Waals surface area contributed by atoms with E-state index in [1.54, 1.807) is 7.11 Å². The number of fused-ring (bicyclic) bond motifs is 1. The lowest BCUT2D eigenvalue weighted by Gasteiger charge is -2.36. The van der Waals surface area contributed by atoms with E-state index in [9.17, 15) is 4.79 Å². The first-order valence-electron chi connectivity index (χ1n) is 9.30. The van der Waals surface area contributed by atoms with Crippen molar-refractivity contribution >= 4 is 27.4 Å². The van der Waals surface area contributed by atoms with Crippen molar-refractivity contribution in [1.82, 2.24) is 5.32 Å². The first kappa shape index (κ1) is 18.5. The van der Waals surface area contributed by atoms with Crippen molar-refractivity contribution < 1.29 is 9.53 Å². The molecular formula is C21H28BrNO2. The second-order valence-corrected chi connectivity index (χ2v) is 8.83. The Kier molecular flexibility index (Phi) is 5.57. The van der Waals surface area contributed by atoms with Crippen molar-refractivity contribution in [2.75, 3.05) is 7.11 Å². The van der Waals surface area contributed by atoms with Crippen LogP contribution < -0.4 is 10.1 Å². The number of allylic oxidation sites excluding steroid dienone is 1. The fourth-order valence-corrected chi connectivity index (χ4v) is 4.54. The van der Waals surface area contributed by atoms with Crippen LogP contribution in [-0.4, -0.2) is 18.4 Å². The molecule has 0 saturated heterocycles. The number of methoxy groups -OCH3 is 1. The van der Waals surface area contributed by atoms with Crippen molar-refractivity contribution in [2.24, 2.45) is 5.92 Å². The van der Waals surface area contributed by atoms with Gasteiger partial charge in [-0.15, -0.1) is 0 Å². The molecule has 1 N–H and O–H groups in total. The largest absolute Gasteiger partial charge is 0.496 e. The van der Waals surface area contributed by atoms with Gasteiger partial charge >= 0.3 is 0 Å². The lowest BCUT2D eigenvalue weighted by atomic mass is 9.84. The Morgan fingerprint density at radius 3 is 2.56 bits per heavy atom. The Balaban J connectivity index is 1.95. The van der Waals surface area contributed by atoms with E-state index in [4.69, 9.17) is 4.74 Å². The van der Waals surface area contributed by atoms with Crippen LogP contribution in [0.15, 0.2) is 22.7 Å². The molecule has 1 aliphatic heterocycles. The zero-order chi connectivity index (χ0) is 18.0. The van der Waals surface area contributed by atoms with E-state index in [0.29, 0.717) is 0 Å². The van der Waals surface area contributed by atoms with Gasteiger partial charge in [0.2, 0.25) is 0 Å². The summed E-state index contributed by atoms with van der Waals surface area (Å²) >= 11 is 3.58. The number of hydrogen-bond donors (Lipinski definition) is 1. The maximum absolute atomic E-state index is 12.9. The van der Waals surface area contributed by atoms with E-state index in [1.807, 2.05) is 6.08 Å². The molecule has 0 bridgehead atoms. The number of ketones is 1. The van der Waals surface area contributed by atoms with Crippen LogP contribution in [-0.2, 0) is 11.2 Å². The fraction of sp³-hybridized carbons (Fsp3) is 0.571. The monoisotopic (exact) mass is 405 g/mol. The predicted molar refractivity (Wildman–Crippen MR) is 106 cm³/mol. The number of rotatable bonds is 3. The molecule has 3 rings (SSSR count). The van der Waals surface area contributed by atoms with Crippen molar-refractivity contribution in [2.45, 2.75) is 64.3 Å². The molecule has 3 nitrogen and oxygen atoms in total. The molecule has 1 aromatic carbocycles. The second kappa shape index (κ2) is 7.53. The average Bonchev–Trinajstić information content (AvgIpc) is 2.83. The van der Waals surface area contributed by atoms with Crippen LogP contribution in [0, 0.1) is 5.92 Å². The molecule has 0 amide bonds. The maximum Gasteiger partial charge on any atom is 0.160 e. The fourth-order valence-electron chi connectivity index (χ4n) is 4.04. The van der Waals surface area contributed by atoms with Gasteiger partial charge in [-0.2, -0.15) is 0 Å². The number of carbonyl (C=O) groups is 1. The summed E-state index contributed by atoms with van der Waals surface area (Å²) in [6.45, 7) is 4.35. The summed E-state index contributed by atoms with van der Waals surface area (Å²) in [4.78, 5) is 12.9. The predicted octanol–water partition coefficient (Wildman–Crippen LogP) is 5.26. The molecule has 0 unspecified atom stereocenters. The molecule has 1 saturated carbocycles. The summed E-state index contributed by atoms with van der Waals surface area (Å²) in [5, 5.41) is 3.58. The Morgan fingerprint density at radius 1 is 1.24 bits per heavy atom. The summed E-state index contributed by atoms with van der Waals surface area (Å²) < 4.78 is 6.37. The summed E-state index contributed by atoms with van der Waals surface area (Å²) in [7, 11) is 1.69. The number of nitrogens with one attached hydrogen (secondary N) is 1. The molecular weight excluding hydrogens is 378 g/mol. The summed E-state index contributed by atoms with van der Waals surface area (Å²) in [6.07, 6.45) is 9.71. The minimum atomic E-state index is -0.0819. The maximum atomic E-state index is 12.9. The quantitative estimate of drug-likeness (QED) is 0.550. The Morgan fingerprint density at radius 2 is 1.92 bits per heavy atom. The molecule has 1 aliphatic carbocycles. The number of ether oxygens (including phenoxy) is 1. The molecule has 0 radical (unpaired) electrons. The van der Waals surface area contributed by atoms with E-state index in [-0.39, 0.29) is 17.2 Å². The van der Waals surface area contributed by atoms with Crippen LogP contribution in [0.25, 0.3) is 5.70 Å². The third-order valence-corrected chi connectivity index (χ3v) is 5.94. The lowest BCUT2D eigenvalue weighted by molar-refractivity contribution is -0.118. The van der Waals surface area contributed by atoms with Gasteiger partial charge in [-0.05, 0) is 66.7 Å². The first-order valence-corrected chi connectivity index (χ1v) is 10.1. The van der Waals surface area contributed by atoms with Gasteiger partial charge in [0.15, 0.2) is 5.78 Å². The standard InChI is InChI=1S/C21H28BrNO2/c1-21(2)13-15-10-20(25-3)17(22)11-16(15)18(23-21)12-19(24)14-8-6-4-5-7-9-14/h10-12,14,23H,4-9,13H2,1-3H3. The van der Waals surface area contributed by atoms with Crippen LogP contribution in [0.3, 0.4) is 0 Å². The van der Waals surface area contributed by atoms with E-state index in [1.165, 1.54) is 31.2 Å². The van der Waals surface area contributed by atoms with Crippen LogP contribution >= 0.6 is 15.9 Å². The van der Waals surface area contributed by atoms with E-state index < -0.39 is 0 Å². The number of carbonyl (C=O) groups excluding carboxylic acids is 1. The van der Waals surface area contributed by atoms with Gasteiger partial charge in [-0.1, -0.05) is 25.7 Å². The van der Waals surface area contributed by atoms with Crippen LogP contribution in [0.4, 0.5) is 0 Å². The van der Waals surface area contributed by atoms with Gasteiger partial charge in [-0.25, -0.2) is 0 Å². The van der Waals surface area contributed by atoms with Gasteiger partial charge in [0.05, 0.1) is 11.6 Å². The SMILES string of the molecule is COc1cc2c(cc1Br)C(=CC(=O)C1CCCCCC1)NC(C)(C)C2. The average molecular weight is 406 g/mol. The lowest BCUT2D eigenvalue weighted by Crippen LogP contribution is -2.44. The Labute approximate surface area is 159 Å². The van der Waals surface area contributed by atoms with E-state index >= 15 is 0 Å². The van der Waals surface area contributed by atoms with Crippen LogP contribution in [0.5, 0.6) is 5.75 Å². The highest BCUT2D eigenvalue weighted by atomic mass is 79.9. The van der Waals surface area contributed by atoms with E-state index in [0.717, 1.165) is 40.7 Å². The number of benzene rings is 1. The summed E-state index contributed by atoms with van der Waals surface area (Å²) in [5.74, 6) is 1.30. The van der Waals surface area contributed by atoms with Crippen molar-refractivity contribution in [3.63, 3.8) is 0 Å². The molecule has 0 spiro atoms. The second-order valence-electron chi connectivity index (χ2n) is 7.98. The smallest absolute Gasteiger partial charge is 0.160 e. The van der Waals surface area contributed by atoms with Gasteiger partial charge in [0.1, 0.15) is 5.75 Å². The van der Waals surface area contributed by atoms with E-state index in [2.05, 4.69) is 47.2 Å². The van der Waals surface area contributed by atoms with Gasteiger partial charge in [0.25, 0.3) is 0 Å². The molecule has 0 atom stereocenters. The minimum absolute atomic E-state index is 0.0819. The van der Waals surface area contributed by atoms with Gasteiger partial charge < -0.3 is 10.1 Å². The number of hydrogen-bond acceptors (Lipinski definition) is 3. The normalized spacial score (nSPS) is 22.0. The molecule has 1 aromatic rings. The van der Waals surface area contributed by atoms with Crippen molar-refractivity contribution in [3.05, 3.63) is 33.8 Å². The Hall–Kier alpha value is -1.29. The Bertz CT molecular complexity index is 685. The zero-order valence-corrected chi connectivity index (χ0v) is 17.0. The third kappa shape index (κ3) is 4.28. The van der Waals surface area contributed by atoms with Crippen LogP contribution in [0.2, 0.25) is 0 Å². The van der Waals surface area contributed by atoms with Crippen LogP contribution in [0.1, 0.15) is 63.5 Å². The molecule has 136 valence electrons. The molecule has 2 aliphatic rings. The topological polar surface area (TPSA) is 38.3 Å². The molecule has 4 heteroatoms. The molecule has 1 heterocycles. The van der Waals surface area contributed by atoms with Crippen molar-refractivity contribution in [3.8, 4) is 5.75 Å². The highest BCUT2D eigenvalue weighted by Gasteiger charge is 2.30. The molecule has 0 aromatic heterocycles. The molecule has 1 fully saturated rings. The third-order valence-electron chi connectivity index (χ3n) is 5.32. The summed E-state index contributed by atoms with van der Waals surface area (Å²) in [5.41, 5.74) is 3.20.